The molecule has 0 saturated carbocycles. The van der Waals surface area contributed by atoms with Gasteiger partial charge in [-0.3, -0.25) is 4.79 Å². The molecular weight excluding hydrogens is 377 g/mol. The van der Waals surface area contributed by atoms with E-state index in [1.807, 2.05) is 0 Å². The lowest BCUT2D eigenvalue weighted by molar-refractivity contribution is -0.119. The molecule has 1 N–H and O–H groups in total. The first kappa shape index (κ1) is 18.4. The van der Waals surface area contributed by atoms with E-state index in [1.165, 1.54) is 25.3 Å². The van der Waals surface area contributed by atoms with Crippen LogP contribution >= 0.6 is 34.8 Å². The molecule has 0 spiro atoms. The van der Waals surface area contributed by atoms with E-state index in [-0.39, 0.29) is 10.6 Å². The monoisotopic (exact) mass is 387 g/mol. The number of nitrogens with one attached hydrogen (secondary N) is 1. The van der Waals surface area contributed by atoms with Gasteiger partial charge in [-0.15, -0.1) is 0 Å². The predicted octanol–water partition coefficient (Wildman–Crippen LogP) is 4.45. The molecule has 2 aromatic rings. The minimum absolute atomic E-state index is 0.0808. The average Bonchev–Trinajstić information content (AvgIpc) is 2.55. The van der Waals surface area contributed by atoms with Gasteiger partial charge in [0.15, 0.2) is 6.61 Å². The van der Waals surface area contributed by atoms with E-state index in [0.717, 1.165) is 0 Å². The number of hydrogen-bond donors (Lipinski definition) is 1. The Hall–Kier alpha value is -1.95. The number of methoxy groups -OCH3 is 1. The van der Waals surface area contributed by atoms with Crippen molar-refractivity contribution < 1.29 is 19.1 Å². The molecule has 8 heteroatoms. The Kier molecular flexibility index (Phi) is 6.31. The van der Waals surface area contributed by atoms with Crippen LogP contribution in [0.3, 0.4) is 0 Å². The van der Waals surface area contributed by atoms with Crippen LogP contribution in [0.25, 0.3) is 0 Å². The molecule has 5 nitrogen and oxygen atoms in total. The third kappa shape index (κ3) is 4.77. The number of carbonyl (C=O) groups is 2. The van der Waals surface area contributed by atoms with Gasteiger partial charge in [0.25, 0.3) is 5.91 Å². The third-order valence-electron chi connectivity index (χ3n) is 2.92. The van der Waals surface area contributed by atoms with E-state index in [1.54, 1.807) is 18.2 Å². The molecule has 2 aromatic carbocycles. The van der Waals surface area contributed by atoms with Crippen LogP contribution < -0.4 is 10.1 Å². The lowest BCUT2D eigenvalue weighted by Crippen LogP contribution is -2.21. The summed E-state index contributed by atoms with van der Waals surface area (Å²) in [5, 5.41) is 3.49. The van der Waals surface area contributed by atoms with Crippen molar-refractivity contribution in [1.82, 2.24) is 0 Å². The number of anilines is 1. The minimum Gasteiger partial charge on any atom is -0.495 e. The van der Waals surface area contributed by atoms with Gasteiger partial charge in [0.2, 0.25) is 0 Å². The van der Waals surface area contributed by atoms with Crippen molar-refractivity contribution in [1.29, 1.82) is 0 Å². The SMILES string of the molecule is COc1ccc(Cl)cc1NC(=O)COC(=O)c1cc(Cl)ccc1Cl. The van der Waals surface area contributed by atoms with Gasteiger partial charge in [-0.25, -0.2) is 4.79 Å². The molecular formula is C16H12Cl3NO4. The van der Waals surface area contributed by atoms with E-state index in [0.29, 0.717) is 21.5 Å². The van der Waals surface area contributed by atoms with Crippen molar-refractivity contribution in [2.45, 2.75) is 0 Å². The van der Waals surface area contributed by atoms with Gasteiger partial charge >= 0.3 is 5.97 Å². The number of carbonyl (C=O) groups excluding carboxylic acids is 2. The van der Waals surface area contributed by atoms with Crippen LogP contribution in [0.4, 0.5) is 5.69 Å². The van der Waals surface area contributed by atoms with Gasteiger partial charge in [-0.1, -0.05) is 34.8 Å². The molecule has 2 rings (SSSR count). The highest BCUT2D eigenvalue weighted by molar-refractivity contribution is 6.35. The maximum Gasteiger partial charge on any atom is 0.340 e. The predicted molar refractivity (Wildman–Crippen MR) is 93.4 cm³/mol. The summed E-state index contributed by atoms with van der Waals surface area (Å²) in [4.78, 5) is 23.9. The minimum atomic E-state index is -0.754. The van der Waals surface area contributed by atoms with E-state index in [2.05, 4.69) is 5.32 Å². The molecule has 0 saturated heterocycles. The molecule has 0 aliphatic rings. The van der Waals surface area contributed by atoms with Crippen molar-refractivity contribution in [3.05, 3.63) is 57.0 Å². The second-order valence-corrected chi connectivity index (χ2v) is 5.87. The topological polar surface area (TPSA) is 64.6 Å². The molecule has 0 heterocycles. The lowest BCUT2D eigenvalue weighted by Gasteiger charge is -2.11. The molecule has 0 fully saturated rings. The highest BCUT2D eigenvalue weighted by Crippen LogP contribution is 2.27. The van der Waals surface area contributed by atoms with Crippen molar-refractivity contribution in [2.75, 3.05) is 19.0 Å². The first-order valence-corrected chi connectivity index (χ1v) is 7.79. The van der Waals surface area contributed by atoms with Gasteiger partial charge < -0.3 is 14.8 Å². The smallest absolute Gasteiger partial charge is 0.340 e. The number of benzene rings is 2. The number of amides is 1. The summed E-state index contributed by atoms with van der Waals surface area (Å²) in [6.45, 7) is -0.503. The van der Waals surface area contributed by atoms with Crippen LogP contribution in [-0.2, 0) is 9.53 Å². The first-order valence-electron chi connectivity index (χ1n) is 6.66. The summed E-state index contributed by atoms with van der Waals surface area (Å²) in [5.74, 6) is -0.880. The zero-order valence-corrected chi connectivity index (χ0v) is 14.7. The summed E-state index contributed by atoms with van der Waals surface area (Å²) in [6.07, 6.45) is 0. The van der Waals surface area contributed by atoms with Gasteiger partial charge in [0.05, 0.1) is 23.4 Å². The Morgan fingerprint density at radius 1 is 1.04 bits per heavy atom. The second-order valence-electron chi connectivity index (χ2n) is 4.59. The number of halogens is 3. The van der Waals surface area contributed by atoms with Crippen molar-refractivity contribution in [3.8, 4) is 5.75 Å². The molecule has 126 valence electrons. The van der Waals surface area contributed by atoms with E-state index in [9.17, 15) is 9.59 Å². The van der Waals surface area contributed by atoms with Crippen LogP contribution in [0, 0.1) is 0 Å². The Bertz CT molecular complexity index is 780. The molecule has 0 aliphatic heterocycles. The average molecular weight is 389 g/mol. The Morgan fingerprint density at radius 2 is 1.71 bits per heavy atom. The number of ether oxygens (including phenoxy) is 2. The number of hydrogen-bond acceptors (Lipinski definition) is 4. The summed E-state index contributed by atoms with van der Waals surface area (Å²) in [7, 11) is 1.46. The zero-order chi connectivity index (χ0) is 17.7. The fourth-order valence-corrected chi connectivity index (χ4v) is 2.37. The molecule has 0 atom stereocenters. The standard InChI is InChI=1S/C16H12Cl3NO4/c1-23-14-5-3-10(18)7-13(14)20-15(21)8-24-16(22)11-6-9(17)2-4-12(11)19/h2-7H,8H2,1H3,(H,20,21). The Labute approximate surface area is 153 Å². The van der Waals surface area contributed by atoms with E-state index in [4.69, 9.17) is 44.3 Å². The van der Waals surface area contributed by atoms with Gasteiger partial charge in [0, 0.05) is 10.0 Å². The Morgan fingerprint density at radius 3 is 2.42 bits per heavy atom. The number of rotatable bonds is 5. The highest BCUT2D eigenvalue weighted by Gasteiger charge is 2.15. The maximum absolute atomic E-state index is 12.0. The quantitative estimate of drug-likeness (QED) is 0.769. The van der Waals surface area contributed by atoms with Crippen LogP contribution in [0.5, 0.6) is 5.75 Å². The molecule has 0 radical (unpaired) electrons. The second kappa shape index (κ2) is 8.24. The van der Waals surface area contributed by atoms with Crippen molar-refractivity contribution in [3.63, 3.8) is 0 Å². The van der Waals surface area contributed by atoms with Gasteiger partial charge in [-0.05, 0) is 36.4 Å². The maximum atomic E-state index is 12.0. The summed E-state index contributed by atoms with van der Waals surface area (Å²) >= 11 is 17.6. The first-order chi connectivity index (χ1) is 11.4. The number of esters is 1. The van der Waals surface area contributed by atoms with Crippen LogP contribution in [0.2, 0.25) is 15.1 Å². The van der Waals surface area contributed by atoms with E-state index >= 15 is 0 Å². The highest BCUT2D eigenvalue weighted by atomic mass is 35.5. The molecule has 0 aliphatic carbocycles. The fourth-order valence-electron chi connectivity index (χ4n) is 1.83. The normalized spacial score (nSPS) is 10.2. The van der Waals surface area contributed by atoms with Gasteiger partial charge in [0.1, 0.15) is 5.75 Å². The van der Waals surface area contributed by atoms with Crippen LogP contribution in [0.15, 0.2) is 36.4 Å². The third-order valence-corrected chi connectivity index (χ3v) is 3.72. The molecule has 0 aromatic heterocycles. The molecule has 0 bridgehead atoms. The van der Waals surface area contributed by atoms with Gasteiger partial charge in [-0.2, -0.15) is 0 Å². The molecule has 1 amide bonds. The zero-order valence-electron chi connectivity index (χ0n) is 12.4. The largest absolute Gasteiger partial charge is 0.495 e. The van der Waals surface area contributed by atoms with Crippen molar-refractivity contribution >= 4 is 52.4 Å². The molecule has 24 heavy (non-hydrogen) atoms. The van der Waals surface area contributed by atoms with Crippen molar-refractivity contribution in [2.24, 2.45) is 0 Å². The summed E-state index contributed by atoms with van der Waals surface area (Å²) in [5.41, 5.74) is 0.448. The van der Waals surface area contributed by atoms with Crippen LogP contribution in [0.1, 0.15) is 10.4 Å². The van der Waals surface area contributed by atoms with Crippen LogP contribution in [-0.4, -0.2) is 25.6 Å². The van der Waals surface area contributed by atoms with E-state index < -0.39 is 18.5 Å². The summed E-state index contributed by atoms with van der Waals surface area (Å²) in [6, 6.07) is 9.13. The molecule has 0 unspecified atom stereocenters. The summed E-state index contributed by atoms with van der Waals surface area (Å²) < 4.78 is 10.0. The lowest BCUT2D eigenvalue weighted by atomic mass is 10.2. The Balaban J connectivity index is 2.00. The fraction of sp³-hybridized carbons (Fsp3) is 0.125.